The van der Waals surface area contributed by atoms with Gasteiger partial charge in [0.25, 0.3) is 0 Å². The molecule has 1 aromatic carbocycles. The van der Waals surface area contributed by atoms with E-state index in [1.54, 1.807) is 0 Å². The molecule has 0 unspecified atom stereocenters. The second-order valence-corrected chi connectivity index (χ2v) is 6.54. The standard InChI is InChI=1S/C21H34/c1-5-6-7-8-9-10-11-12-13-14-15-21-17-19(3)18(2)16-20(21)4/h5-15H2,1-4H3. The molecule has 0 spiro atoms. The lowest BCUT2D eigenvalue weighted by Gasteiger charge is -2.08. The van der Waals surface area contributed by atoms with Crippen LogP contribution in [0.25, 0.3) is 0 Å². The van der Waals surface area contributed by atoms with Crippen LogP contribution in [0.3, 0.4) is 0 Å². The van der Waals surface area contributed by atoms with Crippen LogP contribution in [0, 0.1) is 32.9 Å². The van der Waals surface area contributed by atoms with E-state index >= 15 is 0 Å². The first-order valence-electron chi connectivity index (χ1n) is 9.06. The van der Waals surface area contributed by atoms with Crippen LogP contribution in [0.2, 0.25) is 0 Å². The molecule has 0 heteroatoms. The minimum atomic E-state index is 1.18. The van der Waals surface area contributed by atoms with Crippen LogP contribution >= 0.6 is 0 Å². The van der Waals surface area contributed by atoms with Gasteiger partial charge in [-0.3, -0.25) is 0 Å². The molecule has 0 bridgehead atoms. The van der Waals surface area contributed by atoms with E-state index in [0.717, 1.165) is 0 Å². The van der Waals surface area contributed by atoms with Crippen LogP contribution in [-0.2, 0) is 6.42 Å². The molecule has 0 saturated carbocycles. The topological polar surface area (TPSA) is 0 Å². The molecule has 0 amide bonds. The van der Waals surface area contributed by atoms with E-state index in [2.05, 4.69) is 39.8 Å². The largest absolute Gasteiger partial charge is 0.0654 e. The minimum Gasteiger partial charge on any atom is -0.0654 e. The van der Waals surface area contributed by atoms with E-state index in [0.29, 0.717) is 0 Å². The lowest BCUT2D eigenvalue weighted by atomic mass is 9.96. The molecular formula is C21H34. The lowest BCUT2D eigenvalue weighted by Crippen LogP contribution is -1.95. The summed E-state index contributed by atoms with van der Waals surface area (Å²) in [6.07, 6.45) is 15.2. The molecule has 0 fully saturated rings. The van der Waals surface area contributed by atoms with Crippen molar-refractivity contribution in [1.82, 2.24) is 0 Å². The molecule has 0 heterocycles. The quantitative estimate of drug-likeness (QED) is 0.398. The van der Waals surface area contributed by atoms with Gasteiger partial charge in [-0.25, -0.2) is 0 Å². The molecule has 1 rings (SSSR count). The van der Waals surface area contributed by atoms with Gasteiger partial charge in [-0.1, -0.05) is 64.7 Å². The Hall–Kier alpha value is -0.780. The zero-order chi connectivity index (χ0) is 15.5. The maximum atomic E-state index is 3.54. The molecule has 0 atom stereocenters. The molecule has 118 valence electrons. The second-order valence-electron chi connectivity index (χ2n) is 6.54. The fourth-order valence-electron chi connectivity index (χ4n) is 2.90. The summed E-state index contributed by atoms with van der Waals surface area (Å²) in [4.78, 5) is 0. The van der Waals surface area contributed by atoms with Gasteiger partial charge in [-0.05, 0) is 68.0 Å². The Labute approximate surface area is 133 Å². The number of unbranched alkanes of at least 4 members (excludes halogenated alkanes) is 9. The van der Waals surface area contributed by atoms with Gasteiger partial charge in [-0.2, -0.15) is 0 Å². The summed E-state index contributed by atoms with van der Waals surface area (Å²) in [6, 6.07) is 7.00. The lowest BCUT2D eigenvalue weighted by molar-refractivity contribution is 0.556. The highest BCUT2D eigenvalue weighted by Crippen LogP contribution is 2.17. The van der Waals surface area contributed by atoms with Crippen LogP contribution in [0.4, 0.5) is 0 Å². The molecule has 0 aromatic heterocycles. The first-order chi connectivity index (χ1) is 10.1. The number of rotatable bonds is 11. The molecular weight excluding hydrogens is 252 g/mol. The van der Waals surface area contributed by atoms with E-state index in [1.807, 2.05) is 0 Å². The summed E-state index contributed by atoms with van der Waals surface area (Å²) in [5.41, 5.74) is 5.20. The second kappa shape index (κ2) is 10.9. The van der Waals surface area contributed by atoms with Gasteiger partial charge < -0.3 is 0 Å². The van der Waals surface area contributed by atoms with Gasteiger partial charge in [0, 0.05) is 0 Å². The summed E-state index contributed by atoms with van der Waals surface area (Å²) in [6.45, 7) is 8.73. The van der Waals surface area contributed by atoms with E-state index in [9.17, 15) is 0 Å². The zero-order valence-corrected chi connectivity index (χ0v) is 14.8. The van der Waals surface area contributed by atoms with Gasteiger partial charge in [0.1, 0.15) is 0 Å². The van der Waals surface area contributed by atoms with Gasteiger partial charge in [0.2, 0.25) is 0 Å². The van der Waals surface area contributed by atoms with Crippen LogP contribution < -0.4 is 0 Å². The zero-order valence-electron chi connectivity index (χ0n) is 14.8. The van der Waals surface area contributed by atoms with E-state index in [1.165, 1.54) is 92.9 Å². The number of benzene rings is 1. The van der Waals surface area contributed by atoms with E-state index in [-0.39, 0.29) is 0 Å². The maximum absolute atomic E-state index is 3.54. The van der Waals surface area contributed by atoms with Crippen molar-refractivity contribution >= 4 is 0 Å². The summed E-state index contributed by atoms with van der Waals surface area (Å²) < 4.78 is 0. The van der Waals surface area contributed by atoms with Crippen molar-refractivity contribution in [3.63, 3.8) is 0 Å². The molecule has 0 saturated heterocycles. The van der Waals surface area contributed by atoms with Crippen molar-refractivity contribution in [2.24, 2.45) is 0 Å². The Balaban J connectivity index is 2.05. The fraction of sp³-hybridized carbons (Fsp3) is 0.714. The monoisotopic (exact) mass is 286 g/mol. The maximum Gasteiger partial charge on any atom is -0.0111 e. The Kier molecular flexibility index (Phi) is 9.46. The highest BCUT2D eigenvalue weighted by atomic mass is 14.1. The third-order valence-corrected chi connectivity index (χ3v) is 4.51. The van der Waals surface area contributed by atoms with Crippen LogP contribution in [0.15, 0.2) is 0 Å². The van der Waals surface area contributed by atoms with Gasteiger partial charge >= 0.3 is 0 Å². The van der Waals surface area contributed by atoms with Crippen LogP contribution in [0.5, 0.6) is 0 Å². The van der Waals surface area contributed by atoms with Crippen molar-refractivity contribution in [1.29, 1.82) is 0 Å². The Morgan fingerprint density at radius 1 is 0.571 bits per heavy atom. The van der Waals surface area contributed by atoms with Crippen molar-refractivity contribution < 1.29 is 0 Å². The SMILES string of the molecule is CCCCCCCCCCCCc1[c]c(C)c(C)[c]c1C. The summed E-state index contributed by atoms with van der Waals surface area (Å²) >= 11 is 0. The highest BCUT2D eigenvalue weighted by Gasteiger charge is 2.03. The fourth-order valence-corrected chi connectivity index (χ4v) is 2.90. The summed E-state index contributed by atoms with van der Waals surface area (Å²) in [5, 5.41) is 0. The minimum absolute atomic E-state index is 1.18. The smallest absolute Gasteiger partial charge is 0.0111 e. The molecule has 0 aliphatic rings. The first kappa shape index (κ1) is 18.3. The van der Waals surface area contributed by atoms with E-state index < -0.39 is 0 Å². The third-order valence-electron chi connectivity index (χ3n) is 4.51. The average molecular weight is 287 g/mol. The molecule has 1 aromatic rings. The normalized spacial score (nSPS) is 11.0. The van der Waals surface area contributed by atoms with Gasteiger partial charge in [0.15, 0.2) is 0 Å². The van der Waals surface area contributed by atoms with Crippen molar-refractivity contribution in [2.45, 2.75) is 98.3 Å². The van der Waals surface area contributed by atoms with Crippen molar-refractivity contribution in [3.05, 3.63) is 34.4 Å². The molecule has 21 heavy (non-hydrogen) atoms. The van der Waals surface area contributed by atoms with Crippen LogP contribution in [-0.4, -0.2) is 0 Å². The molecule has 0 N–H and O–H groups in total. The van der Waals surface area contributed by atoms with Gasteiger partial charge in [0.05, 0.1) is 0 Å². The highest BCUT2D eigenvalue weighted by molar-refractivity contribution is 5.34. The van der Waals surface area contributed by atoms with Crippen molar-refractivity contribution in [3.8, 4) is 0 Å². The molecule has 0 aliphatic carbocycles. The molecule has 0 nitrogen and oxygen atoms in total. The Bertz CT molecular complexity index is 389. The summed E-state index contributed by atoms with van der Waals surface area (Å²) in [5.74, 6) is 0. The Morgan fingerprint density at radius 3 is 1.62 bits per heavy atom. The van der Waals surface area contributed by atoms with E-state index in [4.69, 9.17) is 0 Å². The van der Waals surface area contributed by atoms with Crippen LogP contribution in [0.1, 0.15) is 93.4 Å². The van der Waals surface area contributed by atoms with Crippen molar-refractivity contribution in [2.75, 3.05) is 0 Å². The number of hydrogen-bond donors (Lipinski definition) is 0. The molecule has 2 radical (unpaired) electrons. The summed E-state index contributed by atoms with van der Waals surface area (Å²) in [7, 11) is 0. The molecule has 0 aliphatic heterocycles. The van der Waals surface area contributed by atoms with Gasteiger partial charge in [-0.15, -0.1) is 0 Å². The third kappa shape index (κ3) is 7.69. The predicted octanol–water partition coefficient (Wildman–Crippen LogP) is 6.68. The first-order valence-corrected chi connectivity index (χ1v) is 9.06. The average Bonchev–Trinajstić information content (AvgIpc) is 2.46. The predicted molar refractivity (Wildman–Crippen MR) is 93.9 cm³/mol. The number of hydrogen-bond acceptors (Lipinski definition) is 0. The number of aryl methyl sites for hydroxylation is 4. The Morgan fingerprint density at radius 2 is 1.05 bits per heavy atom.